The summed E-state index contributed by atoms with van der Waals surface area (Å²) in [4.78, 5) is 10.8. The van der Waals surface area contributed by atoms with Gasteiger partial charge in [-0.25, -0.2) is 4.39 Å². The smallest absolute Gasteiger partial charge is 0.325 e. The largest absolute Gasteiger partial charge is 0.493 e. The molecule has 0 aliphatic rings. The predicted octanol–water partition coefficient (Wildman–Crippen LogP) is 1.88. The Labute approximate surface area is 96.8 Å². The van der Waals surface area contributed by atoms with Gasteiger partial charge >= 0.3 is 5.97 Å². The van der Waals surface area contributed by atoms with Crippen molar-refractivity contribution in [3.63, 3.8) is 0 Å². The minimum atomic E-state index is -1.37. The summed E-state index contributed by atoms with van der Waals surface area (Å²) < 4.78 is 18.3. The fraction of sp³-hybridized carbons (Fsp3) is 0.300. The maximum atomic E-state index is 13.5. The van der Waals surface area contributed by atoms with Crippen LogP contribution in [-0.2, 0) is 4.79 Å². The van der Waals surface area contributed by atoms with E-state index in [0.717, 1.165) is 6.07 Å². The quantitative estimate of drug-likeness (QED) is 0.855. The van der Waals surface area contributed by atoms with E-state index in [1.165, 1.54) is 7.11 Å². The molecule has 1 unspecified atom stereocenters. The summed E-state index contributed by atoms with van der Waals surface area (Å²) in [7, 11) is 1.24. The highest BCUT2D eigenvalue weighted by molar-refractivity contribution is 6.31. The monoisotopic (exact) mass is 247 g/mol. The molecule has 3 N–H and O–H groups in total. The summed E-state index contributed by atoms with van der Waals surface area (Å²) in [5.41, 5.74) is 5.90. The van der Waals surface area contributed by atoms with Crippen LogP contribution in [0.3, 0.4) is 0 Å². The second-order valence-electron chi connectivity index (χ2n) is 3.23. The fourth-order valence-electron chi connectivity index (χ4n) is 1.42. The maximum absolute atomic E-state index is 13.5. The number of hydrogen-bond donors (Lipinski definition) is 2. The minimum absolute atomic E-state index is 0.0556. The molecule has 1 aromatic carbocycles. The number of benzene rings is 1. The van der Waals surface area contributed by atoms with Crippen LogP contribution < -0.4 is 10.5 Å². The first kappa shape index (κ1) is 12.7. The highest BCUT2D eigenvalue weighted by Gasteiger charge is 2.25. The van der Waals surface area contributed by atoms with Crippen molar-refractivity contribution in [3.8, 4) is 5.75 Å². The summed E-state index contributed by atoms with van der Waals surface area (Å²) in [6.07, 6.45) is 0. The first-order valence-electron chi connectivity index (χ1n) is 4.41. The van der Waals surface area contributed by atoms with Crippen LogP contribution >= 0.6 is 11.6 Å². The zero-order chi connectivity index (χ0) is 12.5. The molecule has 0 amide bonds. The number of rotatable bonds is 3. The van der Waals surface area contributed by atoms with Crippen LogP contribution in [0, 0.1) is 12.7 Å². The van der Waals surface area contributed by atoms with Crippen LogP contribution in [0.5, 0.6) is 5.75 Å². The van der Waals surface area contributed by atoms with Gasteiger partial charge in [-0.15, -0.1) is 0 Å². The van der Waals surface area contributed by atoms with Crippen molar-refractivity contribution >= 4 is 17.6 Å². The van der Waals surface area contributed by atoms with E-state index in [1.54, 1.807) is 6.92 Å². The number of halogens is 2. The van der Waals surface area contributed by atoms with Gasteiger partial charge in [0, 0.05) is 10.6 Å². The van der Waals surface area contributed by atoms with Crippen molar-refractivity contribution in [2.45, 2.75) is 13.0 Å². The van der Waals surface area contributed by atoms with Crippen LogP contribution in [0.25, 0.3) is 0 Å². The summed E-state index contributed by atoms with van der Waals surface area (Å²) >= 11 is 5.75. The van der Waals surface area contributed by atoms with Gasteiger partial charge in [0.15, 0.2) is 11.6 Å². The number of aliphatic carboxylic acids is 1. The first-order valence-corrected chi connectivity index (χ1v) is 4.78. The van der Waals surface area contributed by atoms with Crippen molar-refractivity contribution in [2.24, 2.45) is 5.73 Å². The number of nitrogens with two attached hydrogens (primary N) is 1. The summed E-state index contributed by atoms with van der Waals surface area (Å²) in [5.74, 6) is -2.19. The normalized spacial score (nSPS) is 12.3. The summed E-state index contributed by atoms with van der Waals surface area (Å²) in [6, 6.07) is -0.309. The Kier molecular flexibility index (Phi) is 3.72. The lowest BCUT2D eigenvalue weighted by atomic mass is 10.00. The van der Waals surface area contributed by atoms with Gasteiger partial charge in [-0.05, 0) is 18.6 Å². The lowest BCUT2D eigenvalue weighted by Gasteiger charge is -2.16. The molecule has 0 saturated carbocycles. The lowest BCUT2D eigenvalue weighted by molar-refractivity contribution is -0.138. The molecule has 0 heterocycles. The number of carbonyl (C=O) groups is 1. The molecule has 0 saturated heterocycles. The molecule has 0 fully saturated rings. The third-order valence-electron chi connectivity index (χ3n) is 2.26. The van der Waals surface area contributed by atoms with Gasteiger partial charge in [-0.3, -0.25) is 4.79 Å². The van der Waals surface area contributed by atoms with Gasteiger partial charge in [-0.2, -0.15) is 0 Å². The third kappa shape index (κ3) is 2.10. The molecule has 0 aliphatic carbocycles. The zero-order valence-electron chi connectivity index (χ0n) is 8.75. The minimum Gasteiger partial charge on any atom is -0.493 e. The van der Waals surface area contributed by atoms with E-state index in [2.05, 4.69) is 0 Å². The number of methoxy groups -OCH3 is 1. The predicted molar refractivity (Wildman–Crippen MR) is 57.3 cm³/mol. The number of ether oxygens (including phenoxy) is 1. The van der Waals surface area contributed by atoms with Crippen LogP contribution in [0.2, 0.25) is 5.02 Å². The Morgan fingerprint density at radius 2 is 2.25 bits per heavy atom. The molecule has 0 spiro atoms. The van der Waals surface area contributed by atoms with Crippen LogP contribution in [0.15, 0.2) is 6.07 Å². The summed E-state index contributed by atoms with van der Waals surface area (Å²) in [6.45, 7) is 1.56. The highest BCUT2D eigenvalue weighted by atomic mass is 35.5. The van der Waals surface area contributed by atoms with Gasteiger partial charge in [0.1, 0.15) is 6.04 Å². The van der Waals surface area contributed by atoms with Crippen molar-refractivity contribution in [1.29, 1.82) is 0 Å². The van der Waals surface area contributed by atoms with Gasteiger partial charge in [-0.1, -0.05) is 11.6 Å². The molecule has 1 atom stereocenters. The van der Waals surface area contributed by atoms with E-state index in [1.807, 2.05) is 0 Å². The van der Waals surface area contributed by atoms with Gasteiger partial charge < -0.3 is 15.6 Å². The van der Waals surface area contributed by atoms with Crippen LogP contribution in [-0.4, -0.2) is 18.2 Å². The average molecular weight is 248 g/mol. The maximum Gasteiger partial charge on any atom is 0.325 e. The second-order valence-corrected chi connectivity index (χ2v) is 3.64. The van der Waals surface area contributed by atoms with Crippen LogP contribution in [0.4, 0.5) is 4.39 Å². The number of carboxylic acids is 1. The van der Waals surface area contributed by atoms with Crippen molar-refractivity contribution < 1.29 is 19.0 Å². The molecule has 0 radical (unpaired) electrons. The Morgan fingerprint density at radius 1 is 1.69 bits per heavy atom. The van der Waals surface area contributed by atoms with E-state index in [0.29, 0.717) is 5.56 Å². The molecule has 0 aromatic heterocycles. The van der Waals surface area contributed by atoms with Crippen LogP contribution in [0.1, 0.15) is 17.2 Å². The fourth-order valence-corrected chi connectivity index (χ4v) is 1.62. The molecule has 88 valence electrons. The number of hydrogen-bond acceptors (Lipinski definition) is 3. The van der Waals surface area contributed by atoms with Gasteiger partial charge in [0.05, 0.1) is 7.11 Å². The molecule has 4 nitrogen and oxygen atoms in total. The average Bonchev–Trinajstić information content (AvgIpc) is 2.21. The van der Waals surface area contributed by atoms with Crippen molar-refractivity contribution in [1.82, 2.24) is 0 Å². The third-order valence-corrected chi connectivity index (χ3v) is 2.65. The summed E-state index contributed by atoms with van der Waals surface area (Å²) in [5, 5.41) is 8.93. The molecular formula is C10H11ClFNO3. The van der Waals surface area contributed by atoms with E-state index >= 15 is 0 Å². The Morgan fingerprint density at radius 3 is 2.69 bits per heavy atom. The Balaban J connectivity index is 3.50. The Bertz CT molecular complexity index is 437. The second kappa shape index (κ2) is 4.67. The van der Waals surface area contributed by atoms with E-state index in [4.69, 9.17) is 27.2 Å². The molecular weight excluding hydrogens is 237 g/mol. The molecule has 6 heteroatoms. The Hall–Kier alpha value is -1.33. The lowest BCUT2D eigenvalue weighted by Crippen LogP contribution is -2.23. The first-order chi connectivity index (χ1) is 7.40. The molecule has 1 aromatic rings. The van der Waals surface area contributed by atoms with Gasteiger partial charge in [0.2, 0.25) is 0 Å². The zero-order valence-corrected chi connectivity index (χ0v) is 9.51. The topological polar surface area (TPSA) is 72.5 Å². The molecule has 1 rings (SSSR count). The standard InChI is InChI=1S/C10H11ClFNO3/c1-4-5(11)3-6(12)9(16-2)7(4)8(13)10(14)15/h3,8H,13H2,1-2H3,(H,14,15). The molecule has 16 heavy (non-hydrogen) atoms. The van der Waals surface area contributed by atoms with Crippen molar-refractivity contribution in [3.05, 3.63) is 28.0 Å². The molecule has 0 bridgehead atoms. The SMILES string of the molecule is COc1c(F)cc(Cl)c(C)c1C(N)C(=O)O. The van der Waals surface area contributed by atoms with E-state index < -0.39 is 17.8 Å². The van der Waals surface area contributed by atoms with E-state index in [-0.39, 0.29) is 16.3 Å². The van der Waals surface area contributed by atoms with Gasteiger partial charge in [0.25, 0.3) is 0 Å². The highest BCUT2D eigenvalue weighted by Crippen LogP contribution is 2.34. The van der Waals surface area contributed by atoms with E-state index in [9.17, 15) is 9.18 Å². The van der Waals surface area contributed by atoms with Crippen molar-refractivity contribution in [2.75, 3.05) is 7.11 Å². The number of carboxylic acid groups (broad SMARTS) is 1. The molecule has 0 aliphatic heterocycles.